The topological polar surface area (TPSA) is 51.7 Å². The Bertz CT molecular complexity index is 205. The van der Waals surface area contributed by atoms with Crippen LogP contribution < -0.4 is 0 Å². The molecular formula is C6H6Cl2O2. The molecule has 4 heteroatoms. The minimum Gasteiger partial charge on any atom is -0.506 e. The quantitative estimate of drug-likeness (QED) is 0.652. The van der Waals surface area contributed by atoms with Gasteiger partial charge in [0.05, 0.1) is 5.02 Å². The van der Waals surface area contributed by atoms with Crippen LogP contribution in [0.5, 0.6) is 5.75 Å². The van der Waals surface area contributed by atoms with E-state index in [1.165, 1.54) is 6.07 Å². The zero-order valence-electron chi connectivity index (χ0n) is 4.94. The fourth-order valence-electron chi connectivity index (χ4n) is 0.492. The van der Waals surface area contributed by atoms with E-state index < -0.39 is 0 Å². The molecule has 0 spiro atoms. The summed E-state index contributed by atoms with van der Waals surface area (Å²) in [5, 5.41) is 9.46. The minimum absolute atomic E-state index is 0. The molecule has 0 radical (unpaired) electrons. The van der Waals surface area contributed by atoms with Crippen molar-refractivity contribution in [2.45, 2.75) is 0 Å². The van der Waals surface area contributed by atoms with Gasteiger partial charge in [-0.3, -0.25) is 0 Å². The second-order valence-corrected chi connectivity index (χ2v) is 2.36. The van der Waals surface area contributed by atoms with Crippen molar-refractivity contribution in [3.8, 4) is 5.75 Å². The third-order valence-corrected chi connectivity index (χ3v) is 1.74. The van der Waals surface area contributed by atoms with E-state index in [-0.39, 0.29) is 16.2 Å². The molecule has 0 saturated carbocycles. The van der Waals surface area contributed by atoms with Gasteiger partial charge < -0.3 is 10.6 Å². The molecule has 0 saturated heterocycles. The molecule has 0 fully saturated rings. The Hall–Kier alpha value is -0.440. The zero-order chi connectivity index (χ0) is 6.85. The average Bonchev–Trinajstić information content (AvgIpc) is 1.83. The number of phenolic OH excluding ortho intramolecular Hbond substituents is 1. The minimum atomic E-state index is 0. The molecule has 2 nitrogen and oxygen atoms in total. The second kappa shape index (κ2) is 3.66. The molecule has 0 unspecified atom stereocenters. The zero-order valence-corrected chi connectivity index (χ0v) is 6.45. The van der Waals surface area contributed by atoms with E-state index in [1.807, 2.05) is 0 Å². The molecule has 0 aliphatic carbocycles. The lowest BCUT2D eigenvalue weighted by Gasteiger charge is -1.95. The van der Waals surface area contributed by atoms with Crippen LogP contribution in [0.1, 0.15) is 0 Å². The predicted octanol–water partition coefficient (Wildman–Crippen LogP) is 1.87. The van der Waals surface area contributed by atoms with Crippen molar-refractivity contribution in [2.75, 3.05) is 0 Å². The first-order valence-corrected chi connectivity index (χ1v) is 3.10. The van der Waals surface area contributed by atoms with Crippen molar-refractivity contribution in [1.82, 2.24) is 0 Å². The van der Waals surface area contributed by atoms with Gasteiger partial charge in [0.15, 0.2) is 0 Å². The van der Waals surface area contributed by atoms with Crippen molar-refractivity contribution in [3.63, 3.8) is 0 Å². The van der Waals surface area contributed by atoms with Crippen molar-refractivity contribution in [3.05, 3.63) is 28.2 Å². The fraction of sp³-hybridized carbons (Fsp3) is 0. The highest BCUT2D eigenvalue weighted by Gasteiger charge is 1.99. The number of phenols is 1. The van der Waals surface area contributed by atoms with Crippen LogP contribution in [0.15, 0.2) is 18.2 Å². The van der Waals surface area contributed by atoms with Gasteiger partial charge in [0, 0.05) is 0 Å². The van der Waals surface area contributed by atoms with Crippen LogP contribution in [0.2, 0.25) is 10.0 Å². The van der Waals surface area contributed by atoms with Crippen molar-refractivity contribution < 1.29 is 10.6 Å². The molecule has 0 aromatic heterocycles. The van der Waals surface area contributed by atoms with E-state index in [9.17, 15) is 0 Å². The van der Waals surface area contributed by atoms with Gasteiger partial charge in [-0.25, -0.2) is 0 Å². The number of halogens is 2. The van der Waals surface area contributed by atoms with E-state index >= 15 is 0 Å². The monoisotopic (exact) mass is 180 g/mol. The number of hydrogen-bond acceptors (Lipinski definition) is 1. The number of aromatic hydroxyl groups is 1. The highest BCUT2D eigenvalue weighted by molar-refractivity contribution is 6.42. The third-order valence-electron chi connectivity index (χ3n) is 0.931. The Balaban J connectivity index is 0.000000810. The molecular weight excluding hydrogens is 175 g/mol. The maximum absolute atomic E-state index is 8.88. The molecule has 0 aliphatic heterocycles. The highest BCUT2D eigenvalue weighted by Crippen LogP contribution is 2.29. The van der Waals surface area contributed by atoms with Crippen molar-refractivity contribution in [1.29, 1.82) is 0 Å². The molecule has 0 bridgehead atoms. The summed E-state index contributed by atoms with van der Waals surface area (Å²) < 4.78 is 0. The van der Waals surface area contributed by atoms with E-state index in [0.717, 1.165) is 0 Å². The fourth-order valence-corrected chi connectivity index (χ4v) is 0.788. The van der Waals surface area contributed by atoms with Crippen LogP contribution in [-0.4, -0.2) is 10.6 Å². The van der Waals surface area contributed by atoms with Gasteiger partial charge in [-0.15, -0.1) is 0 Å². The second-order valence-electron chi connectivity index (χ2n) is 1.57. The average molecular weight is 181 g/mol. The number of benzene rings is 1. The Morgan fingerprint density at radius 3 is 2.20 bits per heavy atom. The van der Waals surface area contributed by atoms with Crippen LogP contribution in [0.3, 0.4) is 0 Å². The lowest BCUT2D eigenvalue weighted by atomic mass is 10.3. The number of rotatable bonds is 0. The van der Waals surface area contributed by atoms with Gasteiger partial charge in [-0.2, -0.15) is 0 Å². The molecule has 56 valence electrons. The molecule has 1 aromatic carbocycles. The Labute approximate surface area is 68.3 Å². The van der Waals surface area contributed by atoms with E-state index in [0.29, 0.717) is 5.02 Å². The molecule has 1 rings (SSSR count). The summed E-state index contributed by atoms with van der Waals surface area (Å²) in [7, 11) is 0. The van der Waals surface area contributed by atoms with Crippen LogP contribution >= 0.6 is 23.2 Å². The van der Waals surface area contributed by atoms with Gasteiger partial charge in [0.2, 0.25) is 0 Å². The van der Waals surface area contributed by atoms with Crippen molar-refractivity contribution in [2.24, 2.45) is 0 Å². The lowest BCUT2D eigenvalue weighted by molar-refractivity contribution is 0.475. The van der Waals surface area contributed by atoms with Crippen LogP contribution in [-0.2, 0) is 0 Å². The SMILES string of the molecule is O.Oc1cccc(Cl)c1Cl. The summed E-state index contributed by atoms with van der Waals surface area (Å²) >= 11 is 11.0. The van der Waals surface area contributed by atoms with Gasteiger partial charge in [-0.05, 0) is 12.1 Å². The number of hydrogen-bond donors (Lipinski definition) is 1. The standard InChI is InChI=1S/C6H4Cl2O.H2O/c7-4-2-1-3-5(9)6(4)8;/h1-3,9H;1H2. The summed E-state index contributed by atoms with van der Waals surface area (Å²) in [6.45, 7) is 0. The summed E-state index contributed by atoms with van der Waals surface area (Å²) in [6.07, 6.45) is 0. The summed E-state index contributed by atoms with van der Waals surface area (Å²) in [5.41, 5.74) is 0. The van der Waals surface area contributed by atoms with Crippen LogP contribution in [0.4, 0.5) is 0 Å². The van der Waals surface area contributed by atoms with Crippen LogP contribution in [0, 0.1) is 0 Å². The predicted molar refractivity (Wildman–Crippen MR) is 41.7 cm³/mol. The molecule has 0 aliphatic rings. The molecule has 0 amide bonds. The van der Waals surface area contributed by atoms with Crippen molar-refractivity contribution >= 4 is 23.2 Å². The molecule has 10 heavy (non-hydrogen) atoms. The molecule has 3 N–H and O–H groups in total. The lowest BCUT2D eigenvalue weighted by Crippen LogP contribution is -1.67. The van der Waals surface area contributed by atoms with Gasteiger partial charge in [-0.1, -0.05) is 29.3 Å². The van der Waals surface area contributed by atoms with Gasteiger partial charge in [0.1, 0.15) is 10.8 Å². The van der Waals surface area contributed by atoms with E-state index in [2.05, 4.69) is 0 Å². The highest BCUT2D eigenvalue weighted by atomic mass is 35.5. The summed E-state index contributed by atoms with van der Waals surface area (Å²) in [6, 6.07) is 4.72. The van der Waals surface area contributed by atoms with Crippen LogP contribution in [0.25, 0.3) is 0 Å². The maximum Gasteiger partial charge on any atom is 0.135 e. The normalized spacial score (nSPS) is 8.60. The molecule has 1 aromatic rings. The molecule has 0 atom stereocenters. The van der Waals surface area contributed by atoms with Gasteiger partial charge in [0.25, 0.3) is 0 Å². The van der Waals surface area contributed by atoms with E-state index in [1.54, 1.807) is 12.1 Å². The first-order valence-electron chi connectivity index (χ1n) is 2.35. The Morgan fingerprint density at radius 2 is 1.80 bits per heavy atom. The van der Waals surface area contributed by atoms with Gasteiger partial charge >= 0.3 is 0 Å². The first-order chi connectivity index (χ1) is 4.22. The largest absolute Gasteiger partial charge is 0.506 e. The maximum atomic E-state index is 8.88. The Morgan fingerprint density at radius 1 is 1.20 bits per heavy atom. The van der Waals surface area contributed by atoms with E-state index in [4.69, 9.17) is 28.3 Å². The Kier molecular flexibility index (Phi) is 3.50. The smallest absolute Gasteiger partial charge is 0.135 e. The third kappa shape index (κ3) is 1.77. The first kappa shape index (κ1) is 9.56. The summed E-state index contributed by atoms with van der Waals surface area (Å²) in [5.74, 6) is 0.0177. The summed E-state index contributed by atoms with van der Waals surface area (Å²) in [4.78, 5) is 0. The molecule has 0 heterocycles.